The Hall–Kier alpha value is -2.70. The van der Waals surface area contributed by atoms with E-state index in [1.165, 1.54) is 12.4 Å². The number of pyridine rings is 1. The molecule has 0 unspecified atom stereocenters. The highest BCUT2D eigenvalue weighted by Crippen LogP contribution is 2.22. The molecule has 0 saturated carbocycles. The highest BCUT2D eigenvalue weighted by molar-refractivity contribution is 6.35. The lowest BCUT2D eigenvalue weighted by Crippen LogP contribution is -2.13. The molecule has 0 aliphatic heterocycles. The fourth-order valence-electron chi connectivity index (χ4n) is 2.05. The third-order valence-corrected chi connectivity index (χ3v) is 3.67. The van der Waals surface area contributed by atoms with Gasteiger partial charge in [-0.1, -0.05) is 23.2 Å². The molecule has 0 fully saturated rings. The maximum absolute atomic E-state index is 12.2. The molecule has 2 N–H and O–H groups in total. The van der Waals surface area contributed by atoms with Crippen LogP contribution in [0.15, 0.2) is 55.1 Å². The van der Waals surface area contributed by atoms with Crippen molar-refractivity contribution in [1.29, 1.82) is 0 Å². The second kappa shape index (κ2) is 7.92. The molecule has 3 rings (SSSR count). The minimum absolute atomic E-state index is 0.325. The van der Waals surface area contributed by atoms with Gasteiger partial charge >= 0.3 is 0 Å². The van der Waals surface area contributed by atoms with E-state index in [0.717, 1.165) is 5.56 Å². The predicted octanol–water partition coefficient (Wildman–Crippen LogP) is 4.04. The first kappa shape index (κ1) is 17.1. The van der Waals surface area contributed by atoms with Gasteiger partial charge in [-0.2, -0.15) is 0 Å². The summed E-state index contributed by atoms with van der Waals surface area (Å²) in [4.78, 5) is 24.5. The first-order valence-electron chi connectivity index (χ1n) is 7.32. The number of rotatable bonds is 5. The Morgan fingerprint density at radius 2 is 1.64 bits per heavy atom. The van der Waals surface area contributed by atoms with Crippen LogP contribution in [0.1, 0.15) is 15.9 Å². The number of halogens is 2. The second-order valence-electron chi connectivity index (χ2n) is 5.12. The first-order valence-corrected chi connectivity index (χ1v) is 8.08. The van der Waals surface area contributed by atoms with Gasteiger partial charge in [0.15, 0.2) is 0 Å². The zero-order valence-corrected chi connectivity index (χ0v) is 14.4. The van der Waals surface area contributed by atoms with Gasteiger partial charge in [-0.25, -0.2) is 9.97 Å². The van der Waals surface area contributed by atoms with Gasteiger partial charge in [0, 0.05) is 47.1 Å². The Labute approximate surface area is 154 Å². The molecule has 0 aliphatic rings. The molecule has 2 heterocycles. The lowest BCUT2D eigenvalue weighted by Gasteiger charge is -2.07. The second-order valence-corrected chi connectivity index (χ2v) is 5.99. The molecule has 0 radical (unpaired) electrons. The minimum atomic E-state index is -0.348. The van der Waals surface area contributed by atoms with Crippen LogP contribution < -0.4 is 10.6 Å². The van der Waals surface area contributed by atoms with Crippen molar-refractivity contribution in [3.8, 4) is 0 Å². The fourth-order valence-corrected chi connectivity index (χ4v) is 2.57. The average molecular weight is 374 g/mol. The van der Waals surface area contributed by atoms with Gasteiger partial charge in [0.05, 0.1) is 5.56 Å². The van der Waals surface area contributed by atoms with Crippen molar-refractivity contribution in [2.75, 3.05) is 10.6 Å². The number of carbonyl (C=O) groups is 1. The summed E-state index contributed by atoms with van der Waals surface area (Å²) in [7, 11) is 0. The number of hydrogen-bond donors (Lipinski definition) is 2. The molecule has 6 nitrogen and oxygen atoms in total. The SMILES string of the molecule is O=C(Nc1cc(Cl)cc(Cl)c1)c1cnc(NCc2ccncc2)nc1. The summed E-state index contributed by atoms with van der Waals surface area (Å²) in [6, 6.07) is 8.59. The van der Waals surface area contributed by atoms with E-state index in [1.807, 2.05) is 12.1 Å². The maximum atomic E-state index is 12.2. The topological polar surface area (TPSA) is 79.8 Å². The molecular weight excluding hydrogens is 361 g/mol. The Balaban J connectivity index is 1.62. The van der Waals surface area contributed by atoms with E-state index in [2.05, 4.69) is 25.6 Å². The number of nitrogens with zero attached hydrogens (tertiary/aromatic N) is 3. The molecule has 8 heteroatoms. The average Bonchev–Trinajstić information content (AvgIpc) is 2.60. The third-order valence-electron chi connectivity index (χ3n) is 3.23. The number of amides is 1. The molecule has 126 valence electrons. The number of anilines is 2. The Bertz CT molecular complexity index is 852. The van der Waals surface area contributed by atoms with Crippen LogP contribution in [-0.2, 0) is 6.54 Å². The zero-order chi connectivity index (χ0) is 17.6. The predicted molar refractivity (Wildman–Crippen MR) is 98.0 cm³/mol. The summed E-state index contributed by atoms with van der Waals surface area (Å²) in [5.41, 5.74) is 1.88. The molecule has 1 aromatic carbocycles. The van der Waals surface area contributed by atoms with E-state index in [0.29, 0.717) is 33.8 Å². The van der Waals surface area contributed by atoms with Crippen molar-refractivity contribution in [3.05, 3.63) is 76.3 Å². The Kier molecular flexibility index (Phi) is 5.42. The number of aromatic nitrogens is 3. The maximum Gasteiger partial charge on any atom is 0.258 e. The summed E-state index contributed by atoms with van der Waals surface area (Å²) in [5.74, 6) is 0.0816. The summed E-state index contributed by atoms with van der Waals surface area (Å²) >= 11 is 11.8. The quantitative estimate of drug-likeness (QED) is 0.705. The third kappa shape index (κ3) is 4.89. The van der Waals surface area contributed by atoms with Crippen LogP contribution in [0.5, 0.6) is 0 Å². The van der Waals surface area contributed by atoms with Crippen LogP contribution >= 0.6 is 23.2 Å². The lowest BCUT2D eigenvalue weighted by atomic mass is 10.2. The van der Waals surface area contributed by atoms with Gasteiger partial charge in [0.25, 0.3) is 5.91 Å². The molecule has 0 aliphatic carbocycles. The summed E-state index contributed by atoms with van der Waals surface area (Å²) in [6.45, 7) is 0.565. The molecule has 3 aromatic rings. The Morgan fingerprint density at radius 3 is 2.28 bits per heavy atom. The number of hydrogen-bond acceptors (Lipinski definition) is 5. The number of benzene rings is 1. The molecule has 0 bridgehead atoms. The van der Waals surface area contributed by atoms with Crippen molar-refractivity contribution in [1.82, 2.24) is 15.0 Å². The normalized spacial score (nSPS) is 10.3. The van der Waals surface area contributed by atoms with Gasteiger partial charge < -0.3 is 10.6 Å². The molecule has 0 atom stereocenters. The van der Waals surface area contributed by atoms with Crippen LogP contribution in [0.25, 0.3) is 0 Å². The zero-order valence-electron chi connectivity index (χ0n) is 12.9. The smallest absolute Gasteiger partial charge is 0.258 e. The van der Waals surface area contributed by atoms with Crippen LogP contribution in [0.3, 0.4) is 0 Å². The van der Waals surface area contributed by atoms with E-state index < -0.39 is 0 Å². The summed E-state index contributed by atoms with van der Waals surface area (Å²) < 4.78 is 0. The van der Waals surface area contributed by atoms with Gasteiger partial charge in [-0.15, -0.1) is 0 Å². The molecule has 0 spiro atoms. The van der Waals surface area contributed by atoms with Crippen molar-refractivity contribution >= 4 is 40.7 Å². The monoisotopic (exact) mass is 373 g/mol. The van der Waals surface area contributed by atoms with E-state index in [9.17, 15) is 4.79 Å². The van der Waals surface area contributed by atoms with Crippen molar-refractivity contribution < 1.29 is 4.79 Å². The van der Waals surface area contributed by atoms with Gasteiger partial charge in [-0.05, 0) is 35.9 Å². The lowest BCUT2D eigenvalue weighted by molar-refractivity contribution is 0.102. The molecule has 2 aromatic heterocycles. The number of carbonyl (C=O) groups excluding carboxylic acids is 1. The van der Waals surface area contributed by atoms with E-state index >= 15 is 0 Å². The van der Waals surface area contributed by atoms with Crippen molar-refractivity contribution in [2.45, 2.75) is 6.54 Å². The summed E-state index contributed by atoms with van der Waals surface area (Å²) in [6.07, 6.45) is 6.33. The van der Waals surface area contributed by atoms with Crippen LogP contribution in [0, 0.1) is 0 Å². The summed E-state index contributed by atoms with van der Waals surface area (Å²) in [5, 5.41) is 6.66. The molecule has 0 saturated heterocycles. The van der Waals surface area contributed by atoms with E-state index in [4.69, 9.17) is 23.2 Å². The highest BCUT2D eigenvalue weighted by atomic mass is 35.5. The fraction of sp³-hybridized carbons (Fsp3) is 0.0588. The van der Waals surface area contributed by atoms with E-state index in [1.54, 1.807) is 30.6 Å². The molecule has 25 heavy (non-hydrogen) atoms. The van der Waals surface area contributed by atoms with E-state index in [-0.39, 0.29) is 5.91 Å². The first-order chi connectivity index (χ1) is 12.1. The van der Waals surface area contributed by atoms with Gasteiger partial charge in [0.1, 0.15) is 0 Å². The van der Waals surface area contributed by atoms with Crippen LogP contribution in [0.4, 0.5) is 11.6 Å². The highest BCUT2D eigenvalue weighted by Gasteiger charge is 2.09. The molecular formula is C17H13Cl2N5O. The van der Waals surface area contributed by atoms with Crippen LogP contribution in [-0.4, -0.2) is 20.9 Å². The Morgan fingerprint density at radius 1 is 1.00 bits per heavy atom. The van der Waals surface area contributed by atoms with Crippen molar-refractivity contribution in [2.24, 2.45) is 0 Å². The van der Waals surface area contributed by atoms with Crippen LogP contribution in [0.2, 0.25) is 10.0 Å². The van der Waals surface area contributed by atoms with Gasteiger partial charge in [0.2, 0.25) is 5.95 Å². The van der Waals surface area contributed by atoms with Crippen molar-refractivity contribution in [3.63, 3.8) is 0 Å². The standard InChI is InChI=1S/C17H13Cl2N5O/c18-13-5-14(19)7-15(6-13)24-16(25)12-9-22-17(23-10-12)21-8-11-1-3-20-4-2-11/h1-7,9-10H,8H2,(H,24,25)(H,21,22,23). The number of nitrogens with one attached hydrogen (secondary N) is 2. The van der Waals surface area contributed by atoms with Gasteiger partial charge in [-0.3, -0.25) is 9.78 Å². The molecule has 1 amide bonds. The largest absolute Gasteiger partial charge is 0.350 e. The minimum Gasteiger partial charge on any atom is -0.350 e.